The molecule has 1 aromatic rings. The number of likely N-dealkylation sites (N-methyl/N-ethyl adjacent to an activating group) is 1. The first-order valence-electron chi connectivity index (χ1n) is 9.01. The maximum atomic E-state index is 12.5. The lowest BCUT2D eigenvalue weighted by Gasteiger charge is -2.33. The van der Waals surface area contributed by atoms with Gasteiger partial charge in [0.2, 0.25) is 11.7 Å². The van der Waals surface area contributed by atoms with Crippen molar-refractivity contribution in [1.29, 1.82) is 0 Å². The van der Waals surface area contributed by atoms with Gasteiger partial charge in [-0.2, -0.15) is 0 Å². The molecule has 1 aromatic carbocycles. The number of amides is 1. The van der Waals surface area contributed by atoms with Gasteiger partial charge in [-0.3, -0.25) is 4.79 Å². The summed E-state index contributed by atoms with van der Waals surface area (Å²) in [5.41, 5.74) is 0.861. The first kappa shape index (κ1) is 17.6. The molecule has 5 heteroatoms. The molecule has 3 rings (SSSR count). The molecule has 0 bridgehead atoms. The van der Waals surface area contributed by atoms with Crippen molar-refractivity contribution in [1.82, 2.24) is 4.90 Å². The van der Waals surface area contributed by atoms with Gasteiger partial charge < -0.3 is 19.1 Å². The molecular formula is C20H27NO4. The number of benzene rings is 1. The van der Waals surface area contributed by atoms with Crippen LogP contribution in [0.2, 0.25) is 0 Å². The Kier molecular flexibility index (Phi) is 5.51. The molecule has 0 aromatic heterocycles. The van der Waals surface area contributed by atoms with E-state index in [0.29, 0.717) is 36.5 Å². The van der Waals surface area contributed by atoms with E-state index < -0.39 is 0 Å². The van der Waals surface area contributed by atoms with Gasteiger partial charge in [-0.25, -0.2) is 0 Å². The smallest absolute Gasteiger partial charge is 0.246 e. The van der Waals surface area contributed by atoms with Crippen LogP contribution in [0.25, 0.3) is 6.08 Å². The fourth-order valence-electron chi connectivity index (χ4n) is 3.48. The fourth-order valence-corrected chi connectivity index (χ4v) is 3.48. The Morgan fingerprint density at radius 2 is 1.92 bits per heavy atom. The van der Waals surface area contributed by atoms with E-state index in [-0.39, 0.29) is 5.91 Å². The Morgan fingerprint density at radius 1 is 1.20 bits per heavy atom. The number of hydrogen-bond acceptors (Lipinski definition) is 4. The average Bonchev–Trinajstić information content (AvgIpc) is 2.65. The quantitative estimate of drug-likeness (QED) is 0.784. The van der Waals surface area contributed by atoms with Crippen molar-refractivity contribution in [2.75, 3.05) is 27.4 Å². The molecule has 1 saturated carbocycles. The number of hydrogen-bond donors (Lipinski definition) is 0. The van der Waals surface area contributed by atoms with Gasteiger partial charge in [0.15, 0.2) is 11.5 Å². The molecule has 0 unspecified atom stereocenters. The van der Waals surface area contributed by atoms with Gasteiger partial charge in [0.05, 0.1) is 7.11 Å². The highest BCUT2D eigenvalue weighted by Gasteiger charge is 2.24. The summed E-state index contributed by atoms with van der Waals surface area (Å²) in [5, 5.41) is 0. The summed E-state index contributed by atoms with van der Waals surface area (Å²) in [6.45, 7) is 3.32. The Hall–Kier alpha value is -2.17. The highest BCUT2D eigenvalue weighted by Crippen LogP contribution is 2.40. The minimum atomic E-state index is 0.0356. The van der Waals surface area contributed by atoms with Crippen molar-refractivity contribution < 1.29 is 19.0 Å². The predicted octanol–water partition coefficient (Wildman–Crippen LogP) is 3.52. The van der Waals surface area contributed by atoms with Crippen molar-refractivity contribution in [3.63, 3.8) is 0 Å². The van der Waals surface area contributed by atoms with Crippen molar-refractivity contribution in [2.24, 2.45) is 5.92 Å². The van der Waals surface area contributed by atoms with E-state index >= 15 is 0 Å². The number of rotatable bonds is 4. The van der Waals surface area contributed by atoms with E-state index in [1.807, 2.05) is 30.2 Å². The van der Waals surface area contributed by atoms with Gasteiger partial charge in [-0.1, -0.05) is 6.92 Å². The maximum absolute atomic E-state index is 12.5. The Morgan fingerprint density at radius 3 is 2.64 bits per heavy atom. The third-order valence-corrected chi connectivity index (χ3v) is 5.15. The second-order valence-electron chi connectivity index (χ2n) is 6.94. The zero-order valence-corrected chi connectivity index (χ0v) is 15.3. The second kappa shape index (κ2) is 7.81. The highest BCUT2D eigenvalue weighted by atomic mass is 16.6. The van der Waals surface area contributed by atoms with Gasteiger partial charge in [0.1, 0.15) is 13.2 Å². The van der Waals surface area contributed by atoms with E-state index in [1.54, 1.807) is 13.2 Å². The Labute approximate surface area is 149 Å². The van der Waals surface area contributed by atoms with Crippen LogP contribution in [0.3, 0.4) is 0 Å². The molecule has 0 spiro atoms. The number of carbonyl (C=O) groups excluding carboxylic acids is 1. The number of ether oxygens (including phenoxy) is 3. The van der Waals surface area contributed by atoms with Crippen LogP contribution in [0, 0.1) is 5.92 Å². The summed E-state index contributed by atoms with van der Waals surface area (Å²) in [7, 11) is 3.50. The molecule has 1 amide bonds. The third kappa shape index (κ3) is 4.09. The molecule has 1 aliphatic heterocycles. The van der Waals surface area contributed by atoms with Crippen LogP contribution in [0.4, 0.5) is 0 Å². The van der Waals surface area contributed by atoms with Crippen LogP contribution >= 0.6 is 0 Å². The van der Waals surface area contributed by atoms with Gasteiger partial charge in [-0.05, 0) is 55.4 Å². The number of carbonyl (C=O) groups is 1. The lowest BCUT2D eigenvalue weighted by Crippen LogP contribution is -2.38. The Balaban J connectivity index is 1.69. The van der Waals surface area contributed by atoms with E-state index in [9.17, 15) is 4.79 Å². The van der Waals surface area contributed by atoms with Gasteiger partial charge >= 0.3 is 0 Å². The van der Waals surface area contributed by atoms with Crippen molar-refractivity contribution in [2.45, 2.75) is 38.6 Å². The number of nitrogens with zero attached hydrogens (tertiary/aromatic N) is 1. The first-order valence-corrected chi connectivity index (χ1v) is 9.01. The molecule has 0 atom stereocenters. The molecule has 25 heavy (non-hydrogen) atoms. The van der Waals surface area contributed by atoms with Crippen LogP contribution in [0.1, 0.15) is 38.2 Å². The maximum Gasteiger partial charge on any atom is 0.246 e. The van der Waals surface area contributed by atoms with E-state index in [0.717, 1.165) is 24.3 Å². The minimum absolute atomic E-state index is 0.0356. The fraction of sp³-hybridized carbons (Fsp3) is 0.550. The normalized spacial score (nSPS) is 22.7. The number of fused-ring (bicyclic) bond motifs is 1. The molecule has 0 saturated heterocycles. The number of methoxy groups -OCH3 is 1. The average molecular weight is 345 g/mol. The van der Waals surface area contributed by atoms with Gasteiger partial charge in [0.25, 0.3) is 0 Å². The first-order chi connectivity index (χ1) is 12.1. The molecule has 1 aliphatic carbocycles. The summed E-state index contributed by atoms with van der Waals surface area (Å²) in [6, 6.07) is 4.09. The van der Waals surface area contributed by atoms with E-state index in [4.69, 9.17) is 14.2 Å². The predicted molar refractivity (Wildman–Crippen MR) is 97.2 cm³/mol. The minimum Gasteiger partial charge on any atom is -0.493 e. The van der Waals surface area contributed by atoms with Crippen LogP contribution in [-0.4, -0.2) is 44.2 Å². The zero-order valence-electron chi connectivity index (χ0n) is 15.3. The summed E-state index contributed by atoms with van der Waals surface area (Å²) >= 11 is 0. The van der Waals surface area contributed by atoms with E-state index in [1.165, 1.54) is 12.8 Å². The van der Waals surface area contributed by atoms with Crippen molar-refractivity contribution >= 4 is 12.0 Å². The molecule has 5 nitrogen and oxygen atoms in total. The van der Waals surface area contributed by atoms with Crippen LogP contribution < -0.4 is 14.2 Å². The monoisotopic (exact) mass is 345 g/mol. The highest BCUT2D eigenvalue weighted by molar-refractivity contribution is 5.92. The largest absolute Gasteiger partial charge is 0.493 e. The lowest BCUT2D eigenvalue weighted by molar-refractivity contribution is -0.127. The molecule has 1 fully saturated rings. The molecule has 2 aliphatic rings. The SMILES string of the molecule is COc1cc(C=CC(=O)N(C)C2CCC(C)CC2)cc2c1OCCO2. The van der Waals surface area contributed by atoms with Crippen molar-refractivity contribution in [3.8, 4) is 17.2 Å². The third-order valence-electron chi connectivity index (χ3n) is 5.15. The topological polar surface area (TPSA) is 48.0 Å². The molecule has 0 radical (unpaired) electrons. The molecular weight excluding hydrogens is 318 g/mol. The Bertz CT molecular complexity index is 630. The van der Waals surface area contributed by atoms with E-state index in [2.05, 4.69) is 6.92 Å². The second-order valence-corrected chi connectivity index (χ2v) is 6.94. The van der Waals surface area contributed by atoms with Crippen molar-refractivity contribution in [3.05, 3.63) is 23.8 Å². The summed E-state index contributed by atoms with van der Waals surface area (Å²) in [4.78, 5) is 14.4. The summed E-state index contributed by atoms with van der Waals surface area (Å²) in [6.07, 6.45) is 8.02. The van der Waals surface area contributed by atoms with Crippen LogP contribution in [0.15, 0.2) is 18.2 Å². The van der Waals surface area contributed by atoms with Crippen LogP contribution in [0.5, 0.6) is 17.2 Å². The zero-order chi connectivity index (χ0) is 17.8. The van der Waals surface area contributed by atoms with Gasteiger partial charge in [-0.15, -0.1) is 0 Å². The molecule has 0 N–H and O–H groups in total. The molecule has 1 heterocycles. The van der Waals surface area contributed by atoms with Crippen LogP contribution in [-0.2, 0) is 4.79 Å². The summed E-state index contributed by atoms with van der Waals surface area (Å²) < 4.78 is 16.6. The molecule has 136 valence electrons. The summed E-state index contributed by atoms with van der Waals surface area (Å²) in [5.74, 6) is 2.73. The standard InChI is InChI=1S/C20H27NO4/c1-14-4-7-16(8-5-14)21(2)19(22)9-6-15-12-17(23-3)20-18(13-15)24-10-11-25-20/h6,9,12-14,16H,4-5,7-8,10-11H2,1-3H3. The van der Waals surface area contributed by atoms with Gasteiger partial charge in [0, 0.05) is 19.2 Å². The lowest BCUT2D eigenvalue weighted by atomic mass is 9.87.